The average molecular weight is 320 g/mol. The zero-order valence-electron chi connectivity index (χ0n) is 10.8. The molecule has 2 heterocycles. The van der Waals surface area contributed by atoms with E-state index in [1.54, 1.807) is 18.5 Å². The Morgan fingerprint density at radius 1 is 1.53 bits per heavy atom. The summed E-state index contributed by atoms with van der Waals surface area (Å²) in [6, 6.07) is 1.84. The summed E-state index contributed by atoms with van der Waals surface area (Å²) in [5, 5.41) is 0.557. The fraction of sp³-hybridized carbons (Fsp3) is 0.500. The minimum absolute atomic E-state index is 0.0581. The van der Waals surface area contributed by atoms with Crippen molar-refractivity contribution in [3.8, 4) is 0 Å². The molecule has 7 heteroatoms. The molecule has 0 fully saturated rings. The highest BCUT2D eigenvalue weighted by Gasteiger charge is 2.17. The molecule has 4 nitrogen and oxygen atoms in total. The van der Waals surface area contributed by atoms with Crippen LogP contribution in [0.1, 0.15) is 18.8 Å². The Morgan fingerprint density at radius 2 is 2.26 bits per heavy atom. The largest absolute Gasteiger partial charge is 0.309 e. The van der Waals surface area contributed by atoms with Gasteiger partial charge in [-0.2, -0.15) is 0 Å². The van der Waals surface area contributed by atoms with Crippen molar-refractivity contribution in [3.05, 3.63) is 23.1 Å². The molecule has 0 saturated heterocycles. The van der Waals surface area contributed by atoms with E-state index in [2.05, 4.69) is 9.97 Å². The van der Waals surface area contributed by atoms with Gasteiger partial charge in [-0.1, -0.05) is 11.6 Å². The van der Waals surface area contributed by atoms with Gasteiger partial charge in [0.1, 0.15) is 11.3 Å². The standard InChI is InChI=1S/C12H15Cl2N3OS/c1-8(7-19(2)18)17-11(3-4-13)16-10-5-9(14)6-15-12(10)17/h5-6,8H,3-4,7H2,1-2H3. The van der Waals surface area contributed by atoms with Gasteiger partial charge in [0.05, 0.1) is 5.02 Å². The minimum Gasteiger partial charge on any atom is -0.309 e. The zero-order valence-corrected chi connectivity index (χ0v) is 13.1. The number of pyridine rings is 1. The molecule has 104 valence electrons. The van der Waals surface area contributed by atoms with Gasteiger partial charge in [-0.25, -0.2) is 9.97 Å². The van der Waals surface area contributed by atoms with Gasteiger partial charge in [-0.05, 0) is 13.0 Å². The van der Waals surface area contributed by atoms with Crippen LogP contribution in [-0.2, 0) is 17.2 Å². The number of alkyl halides is 1. The summed E-state index contributed by atoms with van der Waals surface area (Å²) in [5.74, 6) is 1.90. The molecule has 0 aliphatic rings. The van der Waals surface area contributed by atoms with E-state index in [-0.39, 0.29) is 6.04 Å². The van der Waals surface area contributed by atoms with Gasteiger partial charge in [0.2, 0.25) is 0 Å². The van der Waals surface area contributed by atoms with Crippen LogP contribution in [0.25, 0.3) is 11.2 Å². The van der Waals surface area contributed by atoms with Crippen LogP contribution in [0.3, 0.4) is 0 Å². The molecule has 2 aromatic rings. The Bertz CT molecular complexity index is 614. The molecule has 0 bridgehead atoms. The summed E-state index contributed by atoms with van der Waals surface area (Å²) in [6.45, 7) is 2.01. The van der Waals surface area contributed by atoms with E-state index in [0.717, 1.165) is 17.0 Å². The maximum absolute atomic E-state index is 11.4. The number of nitrogens with zero attached hydrogens (tertiary/aromatic N) is 3. The van der Waals surface area contributed by atoms with Crippen LogP contribution in [0.5, 0.6) is 0 Å². The molecule has 0 spiro atoms. The lowest BCUT2D eigenvalue weighted by Gasteiger charge is -2.15. The molecular formula is C12H15Cl2N3OS. The fourth-order valence-electron chi connectivity index (χ4n) is 2.14. The molecule has 0 saturated carbocycles. The van der Waals surface area contributed by atoms with Gasteiger partial charge in [-0.3, -0.25) is 4.21 Å². The predicted octanol–water partition coefficient (Wildman–Crippen LogP) is 2.81. The van der Waals surface area contributed by atoms with E-state index in [1.807, 2.05) is 11.5 Å². The van der Waals surface area contributed by atoms with Gasteiger partial charge in [0.15, 0.2) is 5.65 Å². The van der Waals surface area contributed by atoms with Crippen molar-refractivity contribution in [2.75, 3.05) is 17.9 Å². The molecule has 0 N–H and O–H groups in total. The molecular weight excluding hydrogens is 305 g/mol. The topological polar surface area (TPSA) is 47.8 Å². The van der Waals surface area contributed by atoms with Gasteiger partial charge in [0, 0.05) is 47.3 Å². The first-order valence-electron chi connectivity index (χ1n) is 5.91. The van der Waals surface area contributed by atoms with Crippen LogP contribution in [0, 0.1) is 0 Å². The SMILES string of the molecule is CC(CS(C)=O)n1c(CCCl)nc2cc(Cl)cnc21. The minimum atomic E-state index is -0.875. The molecule has 0 aliphatic heterocycles. The number of fused-ring (bicyclic) bond motifs is 1. The van der Waals surface area contributed by atoms with Crippen LogP contribution in [0.2, 0.25) is 5.02 Å². The third-order valence-corrected chi connectivity index (χ3v) is 4.15. The second kappa shape index (κ2) is 6.20. The average Bonchev–Trinajstić information content (AvgIpc) is 2.65. The number of aryl methyl sites for hydroxylation is 1. The Balaban J connectivity index is 2.54. The quantitative estimate of drug-likeness (QED) is 0.796. The number of hydrogen-bond donors (Lipinski definition) is 0. The van der Waals surface area contributed by atoms with Crippen molar-refractivity contribution in [1.82, 2.24) is 14.5 Å². The summed E-state index contributed by atoms with van der Waals surface area (Å²) >= 11 is 11.8. The Kier molecular flexibility index (Phi) is 4.81. The molecule has 2 rings (SSSR count). The summed E-state index contributed by atoms with van der Waals surface area (Å²) in [6.07, 6.45) is 3.94. The third kappa shape index (κ3) is 3.27. The van der Waals surface area contributed by atoms with Crippen LogP contribution in [0.4, 0.5) is 0 Å². The summed E-state index contributed by atoms with van der Waals surface area (Å²) in [5.41, 5.74) is 1.52. The monoisotopic (exact) mass is 319 g/mol. The Morgan fingerprint density at radius 3 is 2.89 bits per heavy atom. The van der Waals surface area contributed by atoms with Crippen LogP contribution < -0.4 is 0 Å². The molecule has 0 radical (unpaired) electrons. The number of halogens is 2. The van der Waals surface area contributed by atoms with Crippen molar-refractivity contribution in [2.24, 2.45) is 0 Å². The molecule has 0 amide bonds. The highest BCUT2D eigenvalue weighted by molar-refractivity contribution is 7.84. The van der Waals surface area contributed by atoms with Crippen molar-refractivity contribution in [1.29, 1.82) is 0 Å². The number of hydrogen-bond acceptors (Lipinski definition) is 3. The molecule has 2 unspecified atom stereocenters. The van der Waals surface area contributed by atoms with Crippen LogP contribution in [0.15, 0.2) is 12.3 Å². The van der Waals surface area contributed by atoms with E-state index in [9.17, 15) is 4.21 Å². The number of rotatable bonds is 5. The van der Waals surface area contributed by atoms with E-state index in [4.69, 9.17) is 23.2 Å². The van der Waals surface area contributed by atoms with Gasteiger partial charge >= 0.3 is 0 Å². The summed E-state index contributed by atoms with van der Waals surface area (Å²) < 4.78 is 13.4. The van der Waals surface area contributed by atoms with Crippen molar-refractivity contribution >= 4 is 45.2 Å². The highest BCUT2D eigenvalue weighted by atomic mass is 35.5. The molecule has 0 aromatic carbocycles. The highest BCUT2D eigenvalue weighted by Crippen LogP contribution is 2.23. The summed E-state index contributed by atoms with van der Waals surface area (Å²) in [4.78, 5) is 8.86. The Hall–Kier alpha value is -0.650. The third-order valence-electron chi connectivity index (χ3n) is 2.80. The molecule has 2 aromatic heterocycles. The van der Waals surface area contributed by atoms with E-state index >= 15 is 0 Å². The lowest BCUT2D eigenvalue weighted by atomic mass is 10.3. The maximum atomic E-state index is 11.4. The second-order valence-electron chi connectivity index (χ2n) is 4.42. The van der Waals surface area contributed by atoms with E-state index in [1.165, 1.54) is 0 Å². The van der Waals surface area contributed by atoms with Gasteiger partial charge in [-0.15, -0.1) is 11.6 Å². The lowest BCUT2D eigenvalue weighted by molar-refractivity contribution is 0.583. The molecule has 2 atom stereocenters. The van der Waals surface area contributed by atoms with E-state index in [0.29, 0.717) is 23.1 Å². The van der Waals surface area contributed by atoms with Crippen LogP contribution in [-0.4, -0.2) is 36.6 Å². The summed E-state index contributed by atoms with van der Waals surface area (Å²) in [7, 11) is -0.875. The first kappa shape index (κ1) is 14.8. The number of imidazole rings is 1. The second-order valence-corrected chi connectivity index (χ2v) is 6.72. The zero-order chi connectivity index (χ0) is 14.0. The first-order valence-corrected chi connectivity index (χ1v) is 8.55. The molecule has 19 heavy (non-hydrogen) atoms. The van der Waals surface area contributed by atoms with Crippen molar-refractivity contribution in [3.63, 3.8) is 0 Å². The van der Waals surface area contributed by atoms with E-state index < -0.39 is 10.8 Å². The smallest absolute Gasteiger partial charge is 0.160 e. The maximum Gasteiger partial charge on any atom is 0.160 e. The number of aromatic nitrogens is 3. The molecule has 0 aliphatic carbocycles. The van der Waals surface area contributed by atoms with Crippen molar-refractivity contribution in [2.45, 2.75) is 19.4 Å². The first-order chi connectivity index (χ1) is 9.02. The Labute approximate surface area is 124 Å². The fourth-order valence-corrected chi connectivity index (χ4v) is 3.29. The van der Waals surface area contributed by atoms with Crippen LogP contribution >= 0.6 is 23.2 Å². The van der Waals surface area contributed by atoms with Gasteiger partial charge < -0.3 is 4.57 Å². The van der Waals surface area contributed by atoms with Crippen molar-refractivity contribution < 1.29 is 4.21 Å². The lowest BCUT2D eigenvalue weighted by Crippen LogP contribution is -2.16. The predicted molar refractivity (Wildman–Crippen MR) is 80.6 cm³/mol. The normalized spacial score (nSPS) is 14.7. The van der Waals surface area contributed by atoms with Gasteiger partial charge in [0.25, 0.3) is 0 Å².